The van der Waals surface area contributed by atoms with Crippen LogP contribution in [0.3, 0.4) is 0 Å². The first kappa shape index (κ1) is 14.6. The van der Waals surface area contributed by atoms with Crippen molar-refractivity contribution in [1.82, 2.24) is 9.55 Å². The highest BCUT2D eigenvalue weighted by molar-refractivity contribution is 5.92. The molecule has 0 saturated carbocycles. The SMILES string of the molecule is CCc1nc2ccc(C(=O)O)cc2n1C(C)C(C)(C)C. The van der Waals surface area contributed by atoms with Gasteiger partial charge >= 0.3 is 5.97 Å². The number of hydrogen-bond donors (Lipinski definition) is 1. The normalized spacial score (nSPS) is 13.7. The van der Waals surface area contributed by atoms with Crippen LogP contribution in [0, 0.1) is 5.41 Å². The van der Waals surface area contributed by atoms with Gasteiger partial charge in [-0.1, -0.05) is 27.7 Å². The molecule has 4 heteroatoms. The van der Waals surface area contributed by atoms with Gasteiger partial charge in [-0.2, -0.15) is 0 Å². The lowest BCUT2D eigenvalue weighted by molar-refractivity contribution is 0.0697. The van der Waals surface area contributed by atoms with Gasteiger partial charge in [-0.15, -0.1) is 0 Å². The maximum absolute atomic E-state index is 11.2. The first-order valence-electron chi connectivity index (χ1n) is 7.00. The van der Waals surface area contributed by atoms with Gasteiger partial charge in [0.2, 0.25) is 0 Å². The van der Waals surface area contributed by atoms with Gasteiger partial charge in [0.05, 0.1) is 16.6 Å². The molecule has 1 N–H and O–H groups in total. The van der Waals surface area contributed by atoms with E-state index in [0.29, 0.717) is 5.56 Å². The molecule has 0 spiro atoms. The Morgan fingerprint density at radius 3 is 2.55 bits per heavy atom. The van der Waals surface area contributed by atoms with E-state index in [1.807, 2.05) is 0 Å². The van der Waals surface area contributed by atoms with Gasteiger partial charge in [0.1, 0.15) is 5.82 Å². The molecule has 2 rings (SSSR count). The van der Waals surface area contributed by atoms with Crippen LogP contribution in [0.15, 0.2) is 18.2 Å². The average molecular weight is 274 g/mol. The molecule has 0 amide bonds. The van der Waals surface area contributed by atoms with Crippen LogP contribution in [0.2, 0.25) is 0 Å². The highest BCUT2D eigenvalue weighted by Crippen LogP contribution is 2.34. The summed E-state index contributed by atoms with van der Waals surface area (Å²) in [6, 6.07) is 5.38. The summed E-state index contributed by atoms with van der Waals surface area (Å²) in [6.07, 6.45) is 0.831. The van der Waals surface area contributed by atoms with Crippen LogP contribution < -0.4 is 0 Å². The van der Waals surface area contributed by atoms with Crippen LogP contribution in [0.1, 0.15) is 56.8 Å². The number of fused-ring (bicyclic) bond motifs is 1. The zero-order chi connectivity index (χ0) is 15.1. The Kier molecular flexibility index (Phi) is 3.59. The molecule has 0 aliphatic carbocycles. The number of nitrogens with zero attached hydrogens (tertiary/aromatic N) is 2. The van der Waals surface area contributed by atoms with Gasteiger partial charge in [0.25, 0.3) is 0 Å². The van der Waals surface area contributed by atoms with Crippen molar-refractivity contribution in [2.24, 2.45) is 5.41 Å². The number of benzene rings is 1. The summed E-state index contributed by atoms with van der Waals surface area (Å²) in [7, 11) is 0. The van der Waals surface area contributed by atoms with E-state index >= 15 is 0 Å². The molecule has 1 atom stereocenters. The van der Waals surface area contributed by atoms with Gasteiger partial charge in [0.15, 0.2) is 0 Å². The molecular formula is C16H22N2O2. The number of carboxylic acids is 1. The van der Waals surface area contributed by atoms with Gasteiger partial charge in [0, 0.05) is 12.5 Å². The zero-order valence-electron chi connectivity index (χ0n) is 12.8. The lowest BCUT2D eigenvalue weighted by Crippen LogP contribution is -2.23. The number of hydrogen-bond acceptors (Lipinski definition) is 2. The van der Waals surface area contributed by atoms with Gasteiger partial charge in [-0.25, -0.2) is 9.78 Å². The smallest absolute Gasteiger partial charge is 0.335 e. The zero-order valence-corrected chi connectivity index (χ0v) is 12.8. The minimum atomic E-state index is -0.902. The van der Waals surface area contributed by atoms with E-state index < -0.39 is 5.97 Å². The van der Waals surface area contributed by atoms with Crippen LogP contribution in [0.5, 0.6) is 0 Å². The Hall–Kier alpha value is -1.84. The molecule has 2 aromatic rings. The first-order valence-corrected chi connectivity index (χ1v) is 7.00. The Labute approximate surface area is 119 Å². The molecule has 1 aromatic carbocycles. The summed E-state index contributed by atoms with van der Waals surface area (Å²) in [5, 5.41) is 9.17. The second kappa shape index (κ2) is 4.93. The van der Waals surface area contributed by atoms with Crippen molar-refractivity contribution >= 4 is 17.0 Å². The molecule has 1 aromatic heterocycles. The van der Waals surface area contributed by atoms with E-state index in [2.05, 4.69) is 44.2 Å². The van der Waals surface area contributed by atoms with E-state index in [9.17, 15) is 4.79 Å². The molecule has 1 heterocycles. The second-order valence-electron chi connectivity index (χ2n) is 6.30. The quantitative estimate of drug-likeness (QED) is 0.923. The molecule has 0 aliphatic rings. The van der Waals surface area contributed by atoms with Crippen molar-refractivity contribution in [3.63, 3.8) is 0 Å². The van der Waals surface area contributed by atoms with Crippen molar-refractivity contribution < 1.29 is 9.90 Å². The number of aryl methyl sites for hydroxylation is 1. The number of imidazole rings is 1. The predicted octanol–water partition coefficient (Wildman–Crippen LogP) is 3.90. The van der Waals surface area contributed by atoms with Gasteiger partial charge in [-0.05, 0) is 30.5 Å². The number of aromatic carboxylic acids is 1. The summed E-state index contributed by atoms with van der Waals surface area (Å²) in [4.78, 5) is 15.8. The van der Waals surface area contributed by atoms with Crippen LogP contribution in [0.25, 0.3) is 11.0 Å². The lowest BCUT2D eigenvalue weighted by atomic mass is 9.87. The summed E-state index contributed by atoms with van der Waals surface area (Å²) >= 11 is 0. The third-order valence-corrected chi connectivity index (χ3v) is 3.97. The summed E-state index contributed by atoms with van der Waals surface area (Å²) in [5.41, 5.74) is 2.16. The summed E-state index contributed by atoms with van der Waals surface area (Å²) < 4.78 is 2.18. The van der Waals surface area contributed by atoms with Crippen molar-refractivity contribution in [1.29, 1.82) is 0 Å². The largest absolute Gasteiger partial charge is 0.478 e. The Bertz CT molecular complexity index is 650. The molecule has 4 nitrogen and oxygen atoms in total. The molecule has 1 unspecified atom stereocenters. The standard InChI is InChI=1S/C16H22N2O2/c1-6-14-17-12-8-7-11(15(19)20)9-13(12)18(14)10(2)16(3,4)5/h7-10H,6H2,1-5H3,(H,19,20). The molecule has 0 bridgehead atoms. The fourth-order valence-electron chi connectivity index (χ4n) is 2.34. The van der Waals surface area contributed by atoms with Gasteiger partial charge in [-0.3, -0.25) is 0 Å². The van der Waals surface area contributed by atoms with Crippen molar-refractivity contribution in [3.05, 3.63) is 29.6 Å². The van der Waals surface area contributed by atoms with Crippen molar-refractivity contribution in [2.45, 2.75) is 47.1 Å². The monoisotopic (exact) mass is 274 g/mol. The molecule has 0 saturated heterocycles. The fourth-order valence-corrected chi connectivity index (χ4v) is 2.34. The van der Waals surface area contributed by atoms with E-state index in [0.717, 1.165) is 23.3 Å². The first-order chi connectivity index (χ1) is 9.25. The molecule has 108 valence electrons. The highest BCUT2D eigenvalue weighted by Gasteiger charge is 2.25. The minimum absolute atomic E-state index is 0.0801. The van der Waals surface area contributed by atoms with Crippen LogP contribution in [-0.4, -0.2) is 20.6 Å². The maximum Gasteiger partial charge on any atom is 0.335 e. The summed E-state index contributed by atoms with van der Waals surface area (Å²) in [6.45, 7) is 10.8. The van der Waals surface area contributed by atoms with E-state index in [-0.39, 0.29) is 11.5 Å². The third-order valence-electron chi connectivity index (χ3n) is 3.97. The number of carboxylic acid groups (broad SMARTS) is 1. The topological polar surface area (TPSA) is 55.1 Å². The maximum atomic E-state index is 11.2. The van der Waals surface area contributed by atoms with E-state index in [1.165, 1.54) is 0 Å². The number of rotatable bonds is 3. The predicted molar refractivity (Wildman–Crippen MR) is 80.2 cm³/mol. The van der Waals surface area contributed by atoms with Crippen LogP contribution in [0.4, 0.5) is 0 Å². The Balaban J connectivity index is 2.72. The molecular weight excluding hydrogens is 252 g/mol. The molecule has 20 heavy (non-hydrogen) atoms. The van der Waals surface area contributed by atoms with Gasteiger partial charge < -0.3 is 9.67 Å². The van der Waals surface area contributed by atoms with Crippen LogP contribution in [-0.2, 0) is 6.42 Å². The Morgan fingerprint density at radius 2 is 2.05 bits per heavy atom. The Morgan fingerprint density at radius 1 is 1.40 bits per heavy atom. The molecule has 0 fully saturated rings. The number of carbonyl (C=O) groups is 1. The van der Waals surface area contributed by atoms with Crippen molar-refractivity contribution in [3.8, 4) is 0 Å². The van der Waals surface area contributed by atoms with Crippen molar-refractivity contribution in [2.75, 3.05) is 0 Å². The second-order valence-corrected chi connectivity index (χ2v) is 6.30. The lowest BCUT2D eigenvalue weighted by Gasteiger charge is -2.30. The van der Waals surface area contributed by atoms with E-state index in [1.54, 1.807) is 18.2 Å². The molecule has 0 aliphatic heterocycles. The highest BCUT2D eigenvalue weighted by atomic mass is 16.4. The van der Waals surface area contributed by atoms with E-state index in [4.69, 9.17) is 5.11 Å². The minimum Gasteiger partial charge on any atom is -0.478 e. The average Bonchev–Trinajstić information content (AvgIpc) is 2.73. The molecule has 0 radical (unpaired) electrons. The fraction of sp³-hybridized carbons (Fsp3) is 0.500. The number of aromatic nitrogens is 2. The van der Waals surface area contributed by atoms with Crippen LogP contribution >= 0.6 is 0 Å². The summed E-state index contributed by atoms with van der Waals surface area (Å²) in [5.74, 6) is 0.103. The third kappa shape index (κ3) is 2.42.